The first kappa shape index (κ1) is 13.4. The van der Waals surface area contributed by atoms with Crippen LogP contribution in [0.2, 0.25) is 0 Å². The van der Waals surface area contributed by atoms with E-state index in [0.717, 1.165) is 40.8 Å². The van der Waals surface area contributed by atoms with Gasteiger partial charge in [0.2, 0.25) is 0 Å². The first-order valence-corrected chi connectivity index (χ1v) is 6.91. The molecule has 0 aliphatic rings. The summed E-state index contributed by atoms with van der Waals surface area (Å²) < 4.78 is 6.90. The van der Waals surface area contributed by atoms with Gasteiger partial charge in [-0.2, -0.15) is 4.98 Å². The molecule has 0 atom stereocenters. The van der Waals surface area contributed by atoms with Gasteiger partial charge in [-0.1, -0.05) is 15.9 Å². The van der Waals surface area contributed by atoms with E-state index >= 15 is 0 Å². The van der Waals surface area contributed by atoms with Crippen LogP contribution in [0.4, 0.5) is 6.01 Å². The Morgan fingerprint density at radius 2 is 2.22 bits per heavy atom. The van der Waals surface area contributed by atoms with E-state index < -0.39 is 0 Å². The topological polar surface area (TPSA) is 41.3 Å². The molecule has 1 N–H and O–H groups in total. The van der Waals surface area contributed by atoms with Crippen LogP contribution in [0.3, 0.4) is 0 Å². The molecule has 0 radical (unpaired) electrons. The highest BCUT2D eigenvalue weighted by atomic mass is 79.9. The Labute approximate surface area is 115 Å². The lowest BCUT2D eigenvalue weighted by atomic mass is 10.2. The lowest BCUT2D eigenvalue weighted by molar-refractivity contribution is 0.564. The number of halogens is 1. The van der Waals surface area contributed by atoms with Gasteiger partial charge in [-0.15, -0.1) is 0 Å². The van der Waals surface area contributed by atoms with Gasteiger partial charge in [0, 0.05) is 24.1 Å². The van der Waals surface area contributed by atoms with Gasteiger partial charge in [-0.05, 0) is 38.6 Å². The molecule has 2 rings (SSSR count). The predicted molar refractivity (Wildman–Crippen MR) is 78.3 cm³/mol. The van der Waals surface area contributed by atoms with Gasteiger partial charge in [0.15, 0.2) is 5.58 Å². The highest BCUT2D eigenvalue weighted by molar-refractivity contribution is 9.10. The van der Waals surface area contributed by atoms with Crippen LogP contribution >= 0.6 is 15.9 Å². The van der Waals surface area contributed by atoms with Crippen LogP contribution in [0.1, 0.15) is 12.5 Å². The second kappa shape index (κ2) is 5.71. The molecule has 4 nitrogen and oxygen atoms in total. The van der Waals surface area contributed by atoms with Gasteiger partial charge >= 0.3 is 0 Å². The van der Waals surface area contributed by atoms with Crippen LogP contribution in [0, 0.1) is 6.92 Å². The molecule has 98 valence electrons. The zero-order valence-electron chi connectivity index (χ0n) is 11.0. The number of hydrogen-bond acceptors (Lipinski definition) is 4. The minimum absolute atomic E-state index is 0.698. The SMILES string of the molecule is CCN(CCNC)c1nc2cc(Br)cc(C)c2o1. The summed E-state index contributed by atoms with van der Waals surface area (Å²) >= 11 is 3.48. The molecule has 0 aliphatic heterocycles. The summed E-state index contributed by atoms with van der Waals surface area (Å²) in [5, 5.41) is 3.14. The molecule has 0 aliphatic carbocycles. The van der Waals surface area contributed by atoms with Crippen molar-refractivity contribution in [3.05, 3.63) is 22.2 Å². The molecule has 0 fully saturated rings. The van der Waals surface area contributed by atoms with Crippen LogP contribution in [0.25, 0.3) is 11.1 Å². The lowest BCUT2D eigenvalue weighted by Crippen LogP contribution is -2.30. The molecule has 2 aromatic rings. The second-order valence-electron chi connectivity index (χ2n) is 4.25. The standard InChI is InChI=1S/C13H18BrN3O/c1-4-17(6-5-15-3)13-16-11-8-10(14)7-9(2)12(11)18-13/h7-8,15H,4-6H2,1-3H3. The maximum Gasteiger partial charge on any atom is 0.298 e. The average molecular weight is 312 g/mol. The highest BCUT2D eigenvalue weighted by Gasteiger charge is 2.13. The molecule has 0 bridgehead atoms. The van der Waals surface area contributed by atoms with Gasteiger partial charge in [-0.3, -0.25) is 0 Å². The molecule has 1 aromatic heterocycles. The number of oxazole rings is 1. The summed E-state index contributed by atoms with van der Waals surface area (Å²) in [5.41, 5.74) is 2.87. The maximum absolute atomic E-state index is 5.87. The first-order valence-electron chi connectivity index (χ1n) is 6.12. The van der Waals surface area contributed by atoms with Crippen LogP contribution in [0.5, 0.6) is 0 Å². The van der Waals surface area contributed by atoms with Crippen molar-refractivity contribution in [2.24, 2.45) is 0 Å². The fraction of sp³-hybridized carbons (Fsp3) is 0.462. The number of nitrogens with zero attached hydrogens (tertiary/aromatic N) is 2. The van der Waals surface area contributed by atoms with Crippen molar-refractivity contribution in [3.63, 3.8) is 0 Å². The largest absolute Gasteiger partial charge is 0.423 e. The van der Waals surface area contributed by atoms with E-state index in [2.05, 4.69) is 38.1 Å². The molecule has 0 amide bonds. The third-order valence-corrected chi connectivity index (χ3v) is 3.37. The number of anilines is 1. The zero-order valence-corrected chi connectivity index (χ0v) is 12.5. The molecule has 0 unspecified atom stereocenters. The number of nitrogens with one attached hydrogen (secondary N) is 1. The van der Waals surface area contributed by atoms with E-state index in [-0.39, 0.29) is 0 Å². The minimum Gasteiger partial charge on any atom is -0.423 e. The lowest BCUT2D eigenvalue weighted by Gasteiger charge is -2.17. The fourth-order valence-electron chi connectivity index (χ4n) is 1.92. The number of aryl methyl sites for hydroxylation is 1. The van der Waals surface area contributed by atoms with Crippen molar-refractivity contribution in [1.29, 1.82) is 0 Å². The average Bonchev–Trinajstić information content (AvgIpc) is 2.74. The summed E-state index contributed by atoms with van der Waals surface area (Å²) in [5.74, 6) is 0. The molecule has 0 spiro atoms. The quantitative estimate of drug-likeness (QED) is 0.922. The zero-order chi connectivity index (χ0) is 13.1. The minimum atomic E-state index is 0.698. The molecule has 18 heavy (non-hydrogen) atoms. The Morgan fingerprint density at radius 3 is 2.89 bits per heavy atom. The number of fused-ring (bicyclic) bond motifs is 1. The Balaban J connectivity index is 2.36. The van der Waals surface area contributed by atoms with Crippen LogP contribution < -0.4 is 10.2 Å². The van der Waals surface area contributed by atoms with E-state index in [4.69, 9.17) is 4.42 Å². The van der Waals surface area contributed by atoms with Crippen molar-refractivity contribution in [3.8, 4) is 0 Å². The van der Waals surface area contributed by atoms with Crippen molar-refractivity contribution in [2.45, 2.75) is 13.8 Å². The molecule has 1 aromatic carbocycles. The van der Waals surface area contributed by atoms with Gasteiger partial charge in [0.1, 0.15) is 5.52 Å². The summed E-state index contributed by atoms with van der Waals surface area (Å²) in [6, 6.07) is 4.73. The Hall–Kier alpha value is -1.07. The highest BCUT2D eigenvalue weighted by Crippen LogP contribution is 2.27. The number of aromatic nitrogens is 1. The molecule has 0 saturated carbocycles. The number of rotatable bonds is 5. The van der Waals surface area contributed by atoms with Gasteiger partial charge < -0.3 is 14.6 Å². The number of hydrogen-bond donors (Lipinski definition) is 1. The number of benzene rings is 1. The third-order valence-electron chi connectivity index (χ3n) is 2.91. The van der Waals surface area contributed by atoms with Gasteiger partial charge in [0.25, 0.3) is 6.01 Å². The van der Waals surface area contributed by atoms with E-state index in [1.54, 1.807) is 0 Å². The van der Waals surface area contributed by atoms with E-state index in [0.29, 0.717) is 6.01 Å². The van der Waals surface area contributed by atoms with Crippen molar-refractivity contribution in [2.75, 3.05) is 31.6 Å². The van der Waals surface area contributed by atoms with Crippen LogP contribution in [0.15, 0.2) is 21.0 Å². The Kier molecular flexibility index (Phi) is 4.24. The Morgan fingerprint density at radius 1 is 1.44 bits per heavy atom. The summed E-state index contributed by atoms with van der Waals surface area (Å²) in [6.07, 6.45) is 0. The van der Waals surface area contributed by atoms with Crippen LogP contribution in [-0.4, -0.2) is 31.7 Å². The van der Waals surface area contributed by atoms with E-state index in [9.17, 15) is 0 Å². The second-order valence-corrected chi connectivity index (χ2v) is 5.17. The number of likely N-dealkylation sites (N-methyl/N-ethyl adjacent to an activating group) is 2. The molecular formula is C13H18BrN3O. The van der Waals surface area contributed by atoms with Gasteiger partial charge in [0.05, 0.1) is 0 Å². The monoisotopic (exact) mass is 311 g/mol. The van der Waals surface area contributed by atoms with Crippen molar-refractivity contribution >= 4 is 33.0 Å². The normalized spacial score (nSPS) is 11.1. The third kappa shape index (κ3) is 2.67. The molecule has 5 heteroatoms. The predicted octanol–water partition coefficient (Wildman–Crippen LogP) is 2.94. The van der Waals surface area contributed by atoms with E-state index in [1.807, 2.05) is 26.1 Å². The van der Waals surface area contributed by atoms with Crippen LogP contribution in [-0.2, 0) is 0 Å². The van der Waals surface area contributed by atoms with Gasteiger partial charge in [-0.25, -0.2) is 0 Å². The van der Waals surface area contributed by atoms with Crippen molar-refractivity contribution < 1.29 is 4.42 Å². The van der Waals surface area contributed by atoms with E-state index in [1.165, 1.54) is 0 Å². The smallest absolute Gasteiger partial charge is 0.298 e. The Bertz CT molecular complexity index is 538. The molecular weight excluding hydrogens is 294 g/mol. The summed E-state index contributed by atoms with van der Waals surface area (Å²) in [6.45, 7) is 6.82. The summed E-state index contributed by atoms with van der Waals surface area (Å²) in [4.78, 5) is 6.69. The maximum atomic E-state index is 5.87. The fourth-order valence-corrected chi connectivity index (χ4v) is 2.48. The molecule has 0 saturated heterocycles. The first-order chi connectivity index (χ1) is 8.65. The summed E-state index contributed by atoms with van der Waals surface area (Å²) in [7, 11) is 1.95. The molecule has 1 heterocycles. The van der Waals surface area contributed by atoms with Crippen molar-refractivity contribution in [1.82, 2.24) is 10.3 Å².